The summed E-state index contributed by atoms with van der Waals surface area (Å²) >= 11 is 1.71. The van der Waals surface area contributed by atoms with Crippen molar-refractivity contribution >= 4 is 22.8 Å². The number of thioether (sulfide) groups is 1. The molecular weight excluding hydrogens is 719 g/mol. The van der Waals surface area contributed by atoms with Crippen LogP contribution in [0.25, 0.3) is 0 Å². The van der Waals surface area contributed by atoms with Gasteiger partial charge in [-0.15, -0.1) is 0 Å². The Morgan fingerprint density at radius 3 is 1.30 bits per heavy atom. The fraction of sp³-hybridized carbons (Fsp3) is 0.962. The van der Waals surface area contributed by atoms with E-state index in [9.17, 15) is 9.59 Å². The molecule has 0 rings (SSSR count). The molecule has 0 spiro atoms. The second-order valence-electron chi connectivity index (χ2n) is 18.0. The number of unbranched alkanes of at least 4 members (excludes halogenated alkanes) is 22. The van der Waals surface area contributed by atoms with E-state index in [2.05, 4.69) is 46.4 Å². The molecule has 0 aliphatic rings. The Labute approximate surface area is 363 Å². The fourth-order valence-electron chi connectivity index (χ4n) is 8.47. The predicted molar refractivity (Wildman–Crippen MR) is 256 cm³/mol. The smallest absolute Gasteiger partial charge is 0.306 e. The minimum absolute atomic E-state index is 0.0418. The third-order valence-corrected chi connectivity index (χ3v) is 13.8. The number of carbonyl (C=O) groups is 2. The van der Waals surface area contributed by atoms with Gasteiger partial charge in [-0.3, -0.25) is 9.59 Å². The summed E-state index contributed by atoms with van der Waals surface area (Å²) in [7, 11) is 0. The summed E-state index contributed by atoms with van der Waals surface area (Å²) in [5, 5.41) is 0.994. The molecule has 0 aliphatic carbocycles. The summed E-state index contributed by atoms with van der Waals surface area (Å²) in [6, 6.07) is 0. The van der Waals surface area contributed by atoms with E-state index in [1.165, 1.54) is 219 Å². The second kappa shape index (κ2) is 45.0. The zero-order valence-electron chi connectivity index (χ0n) is 39.8. The van der Waals surface area contributed by atoms with Gasteiger partial charge in [0.15, 0.2) is 5.12 Å². The molecule has 0 heterocycles. The Morgan fingerprint density at radius 1 is 0.421 bits per heavy atom. The van der Waals surface area contributed by atoms with Crippen molar-refractivity contribution in [1.82, 2.24) is 4.90 Å². The van der Waals surface area contributed by atoms with Crippen LogP contribution in [-0.4, -0.2) is 47.0 Å². The topological polar surface area (TPSA) is 46.6 Å². The van der Waals surface area contributed by atoms with E-state index in [1.807, 2.05) is 0 Å². The lowest BCUT2D eigenvalue weighted by Crippen LogP contribution is -2.27. The van der Waals surface area contributed by atoms with Crippen LogP contribution in [0.1, 0.15) is 286 Å². The van der Waals surface area contributed by atoms with E-state index in [0.29, 0.717) is 16.8 Å². The van der Waals surface area contributed by atoms with Crippen LogP contribution < -0.4 is 0 Å². The lowest BCUT2D eigenvalue weighted by molar-refractivity contribution is -0.150. The van der Waals surface area contributed by atoms with Crippen LogP contribution in [-0.2, 0) is 14.3 Å². The standard InChI is InChI=1S/C52H103NO3S/c1-7-13-17-21-23-30-40-49(39-29-19-15-9-3)56-51(54)43-33-25-27-35-45-53(47-37-38-48(11-5)12-6)46-36-28-26-34-44-52(55)57-50(41-31-20-16-10-4)42-32-24-22-18-14-8-2/h48-50H,7-47H2,1-6H3. The third kappa shape index (κ3) is 39.3. The minimum Gasteiger partial charge on any atom is -0.462 e. The molecule has 2 atom stereocenters. The summed E-state index contributed by atoms with van der Waals surface area (Å²) in [6.45, 7) is 17.4. The summed E-state index contributed by atoms with van der Waals surface area (Å²) in [5.74, 6) is 0.908. The Balaban J connectivity index is 4.59. The van der Waals surface area contributed by atoms with Crippen molar-refractivity contribution in [1.29, 1.82) is 0 Å². The van der Waals surface area contributed by atoms with E-state index < -0.39 is 0 Å². The lowest BCUT2D eigenvalue weighted by Gasteiger charge is -2.23. The van der Waals surface area contributed by atoms with Gasteiger partial charge >= 0.3 is 5.97 Å². The number of hydrogen-bond acceptors (Lipinski definition) is 5. The molecule has 0 bridgehead atoms. The summed E-state index contributed by atoms with van der Waals surface area (Å²) in [5.41, 5.74) is 0. The second-order valence-corrected chi connectivity index (χ2v) is 19.4. The molecule has 4 nitrogen and oxygen atoms in total. The molecule has 0 aromatic rings. The molecule has 0 aliphatic heterocycles. The highest BCUT2D eigenvalue weighted by Gasteiger charge is 2.16. The molecule has 0 N–H and O–H groups in total. The monoisotopic (exact) mass is 822 g/mol. The average molecular weight is 822 g/mol. The number of esters is 1. The van der Waals surface area contributed by atoms with Gasteiger partial charge in [-0.05, 0) is 103 Å². The van der Waals surface area contributed by atoms with Crippen molar-refractivity contribution < 1.29 is 14.3 Å². The molecule has 0 amide bonds. The maximum atomic E-state index is 13.0. The normalized spacial score (nSPS) is 12.8. The van der Waals surface area contributed by atoms with Crippen molar-refractivity contribution in [2.45, 2.75) is 297 Å². The molecule has 340 valence electrons. The molecule has 0 saturated carbocycles. The van der Waals surface area contributed by atoms with Gasteiger partial charge in [-0.1, -0.05) is 207 Å². The number of hydrogen-bond donors (Lipinski definition) is 0. The van der Waals surface area contributed by atoms with Gasteiger partial charge in [0.25, 0.3) is 0 Å². The number of nitrogens with zero attached hydrogens (tertiary/aromatic N) is 1. The quantitative estimate of drug-likeness (QED) is 0.0452. The van der Waals surface area contributed by atoms with E-state index in [4.69, 9.17) is 4.74 Å². The molecule has 57 heavy (non-hydrogen) atoms. The van der Waals surface area contributed by atoms with E-state index >= 15 is 0 Å². The van der Waals surface area contributed by atoms with Gasteiger partial charge in [-0.25, -0.2) is 0 Å². The third-order valence-electron chi connectivity index (χ3n) is 12.6. The maximum Gasteiger partial charge on any atom is 0.306 e. The SMILES string of the molecule is CCCCCCCCC(CCCCCC)OC(=O)CCCCCCN(CCCCCCC(=O)SC(CCCCCC)CCCCCCCC)CCCC(CC)CC. The van der Waals surface area contributed by atoms with Gasteiger partial charge in [-0.2, -0.15) is 0 Å². The largest absolute Gasteiger partial charge is 0.462 e. The van der Waals surface area contributed by atoms with Crippen molar-refractivity contribution in [2.75, 3.05) is 19.6 Å². The van der Waals surface area contributed by atoms with Gasteiger partial charge in [0, 0.05) is 18.1 Å². The van der Waals surface area contributed by atoms with Crippen LogP contribution in [0, 0.1) is 5.92 Å². The molecule has 2 unspecified atom stereocenters. The molecule has 0 radical (unpaired) electrons. The van der Waals surface area contributed by atoms with Crippen molar-refractivity contribution in [3.8, 4) is 0 Å². The Morgan fingerprint density at radius 2 is 0.807 bits per heavy atom. The van der Waals surface area contributed by atoms with Crippen LogP contribution in [0.4, 0.5) is 0 Å². The van der Waals surface area contributed by atoms with E-state index in [0.717, 1.165) is 44.4 Å². The van der Waals surface area contributed by atoms with Gasteiger partial charge in [0.05, 0.1) is 0 Å². The Hall–Kier alpha value is -0.550. The molecular formula is C52H103NO3S. The van der Waals surface area contributed by atoms with Crippen molar-refractivity contribution in [3.63, 3.8) is 0 Å². The van der Waals surface area contributed by atoms with E-state index in [-0.39, 0.29) is 12.1 Å². The van der Waals surface area contributed by atoms with Crippen molar-refractivity contribution in [3.05, 3.63) is 0 Å². The summed E-state index contributed by atoms with van der Waals surface area (Å²) < 4.78 is 6.07. The first-order chi connectivity index (χ1) is 27.9. The molecule has 0 saturated heterocycles. The van der Waals surface area contributed by atoms with Crippen LogP contribution in [0.15, 0.2) is 0 Å². The maximum absolute atomic E-state index is 13.0. The first-order valence-corrected chi connectivity index (χ1v) is 26.9. The fourth-order valence-corrected chi connectivity index (χ4v) is 9.67. The predicted octanol–water partition coefficient (Wildman–Crippen LogP) is 17.4. The molecule has 0 aromatic carbocycles. The van der Waals surface area contributed by atoms with Crippen LogP contribution in [0.2, 0.25) is 0 Å². The highest BCUT2D eigenvalue weighted by molar-refractivity contribution is 8.14. The van der Waals surface area contributed by atoms with Crippen LogP contribution in [0.5, 0.6) is 0 Å². The highest BCUT2D eigenvalue weighted by atomic mass is 32.2. The van der Waals surface area contributed by atoms with E-state index in [1.54, 1.807) is 11.8 Å². The zero-order valence-corrected chi connectivity index (χ0v) is 40.6. The molecule has 0 fully saturated rings. The number of ether oxygens (including phenoxy) is 1. The molecule has 5 heteroatoms. The number of carbonyl (C=O) groups excluding carboxylic acids is 2. The highest BCUT2D eigenvalue weighted by Crippen LogP contribution is 2.27. The van der Waals surface area contributed by atoms with Crippen molar-refractivity contribution in [2.24, 2.45) is 5.92 Å². The lowest BCUT2D eigenvalue weighted by atomic mass is 9.97. The first-order valence-electron chi connectivity index (χ1n) is 26.0. The average Bonchev–Trinajstić information content (AvgIpc) is 3.21. The Kier molecular flexibility index (Phi) is 44.6. The first kappa shape index (κ1) is 56.5. The Bertz CT molecular complexity index is 774. The molecule has 0 aromatic heterocycles. The van der Waals surface area contributed by atoms with Gasteiger partial charge < -0.3 is 9.64 Å². The summed E-state index contributed by atoms with van der Waals surface area (Å²) in [4.78, 5) is 28.6. The van der Waals surface area contributed by atoms with Gasteiger partial charge in [0.1, 0.15) is 6.10 Å². The van der Waals surface area contributed by atoms with Gasteiger partial charge in [0.2, 0.25) is 0 Å². The van der Waals surface area contributed by atoms with Crippen LogP contribution >= 0.6 is 11.8 Å². The summed E-state index contributed by atoms with van der Waals surface area (Å²) in [6.07, 6.45) is 46.5. The van der Waals surface area contributed by atoms with Crippen LogP contribution in [0.3, 0.4) is 0 Å². The zero-order chi connectivity index (χ0) is 41.9. The minimum atomic E-state index is 0.0418. The number of rotatable bonds is 46.